The number of rotatable bonds is 3. The van der Waals surface area contributed by atoms with Crippen LogP contribution in [0.3, 0.4) is 0 Å². The van der Waals surface area contributed by atoms with Crippen LogP contribution >= 0.6 is 0 Å². The number of cyclic esters (lactones) is 1. The number of esters is 1. The van der Waals surface area contributed by atoms with E-state index in [0.29, 0.717) is 5.92 Å². The summed E-state index contributed by atoms with van der Waals surface area (Å²) in [5.41, 5.74) is 1.24. The Balaban J connectivity index is 1.60. The van der Waals surface area contributed by atoms with E-state index in [-0.39, 0.29) is 18.0 Å². The molecule has 0 unspecified atom stereocenters. The van der Waals surface area contributed by atoms with E-state index >= 15 is 0 Å². The normalized spacial score (nSPS) is 28.3. The van der Waals surface area contributed by atoms with E-state index in [1.165, 1.54) is 37.7 Å². The lowest BCUT2D eigenvalue weighted by Crippen LogP contribution is -2.22. The highest BCUT2D eigenvalue weighted by Gasteiger charge is 2.38. The standard InChI is InChI=1S/C17H22O2/c18-17-15(11-13-7-3-1-4-8-13)12-16(19-17)14-9-5-2-6-10-14/h1,3-4,7-8,14-16H,2,5-6,9-12H2/t15-,16+/m1/s1. The summed E-state index contributed by atoms with van der Waals surface area (Å²) in [4.78, 5) is 12.0. The minimum atomic E-state index is 0.0272. The van der Waals surface area contributed by atoms with Crippen LogP contribution in [0.25, 0.3) is 0 Å². The largest absolute Gasteiger partial charge is 0.462 e. The van der Waals surface area contributed by atoms with Crippen LogP contribution in [0.5, 0.6) is 0 Å². The molecule has 2 aliphatic rings. The molecule has 0 bridgehead atoms. The molecule has 1 aliphatic heterocycles. The molecule has 0 aromatic heterocycles. The molecular weight excluding hydrogens is 236 g/mol. The minimum absolute atomic E-state index is 0.0272. The Labute approximate surface area is 115 Å². The number of ether oxygens (including phenoxy) is 1. The summed E-state index contributed by atoms with van der Waals surface area (Å²) >= 11 is 0. The molecule has 0 radical (unpaired) electrons. The van der Waals surface area contributed by atoms with E-state index < -0.39 is 0 Å². The first-order chi connectivity index (χ1) is 9.33. The molecule has 0 amide bonds. The second-order valence-corrected chi connectivity index (χ2v) is 6.00. The maximum Gasteiger partial charge on any atom is 0.309 e. The van der Waals surface area contributed by atoms with Crippen LogP contribution < -0.4 is 0 Å². The first kappa shape index (κ1) is 12.7. The lowest BCUT2D eigenvalue weighted by molar-refractivity contribution is -0.146. The van der Waals surface area contributed by atoms with Gasteiger partial charge < -0.3 is 4.74 Å². The zero-order chi connectivity index (χ0) is 13.1. The second-order valence-electron chi connectivity index (χ2n) is 6.00. The van der Waals surface area contributed by atoms with Gasteiger partial charge in [-0.2, -0.15) is 0 Å². The van der Waals surface area contributed by atoms with Crippen molar-refractivity contribution in [2.45, 2.75) is 51.0 Å². The molecule has 102 valence electrons. The van der Waals surface area contributed by atoms with Crippen molar-refractivity contribution in [2.75, 3.05) is 0 Å². The Kier molecular flexibility index (Phi) is 3.86. The summed E-state index contributed by atoms with van der Waals surface area (Å²) in [6.07, 6.45) is 8.42. The van der Waals surface area contributed by atoms with Crippen LogP contribution in [0.1, 0.15) is 44.1 Å². The smallest absolute Gasteiger partial charge is 0.309 e. The third-order valence-corrected chi connectivity index (χ3v) is 4.62. The van der Waals surface area contributed by atoms with E-state index in [9.17, 15) is 4.79 Å². The van der Waals surface area contributed by atoms with E-state index in [1.807, 2.05) is 18.2 Å². The molecule has 1 heterocycles. The molecule has 19 heavy (non-hydrogen) atoms. The number of hydrogen-bond donors (Lipinski definition) is 0. The maximum atomic E-state index is 12.0. The van der Waals surface area contributed by atoms with Crippen molar-refractivity contribution in [3.63, 3.8) is 0 Å². The van der Waals surface area contributed by atoms with Gasteiger partial charge in [0.05, 0.1) is 5.92 Å². The quantitative estimate of drug-likeness (QED) is 0.772. The van der Waals surface area contributed by atoms with Crippen molar-refractivity contribution in [3.8, 4) is 0 Å². The highest BCUT2D eigenvalue weighted by molar-refractivity contribution is 5.75. The van der Waals surface area contributed by atoms with Gasteiger partial charge in [0.2, 0.25) is 0 Å². The molecule has 0 N–H and O–H groups in total. The SMILES string of the molecule is O=C1O[C@H](C2CCCCC2)C[C@H]1Cc1ccccc1. The van der Waals surface area contributed by atoms with Gasteiger partial charge in [-0.3, -0.25) is 4.79 Å². The number of hydrogen-bond acceptors (Lipinski definition) is 2. The molecule has 2 fully saturated rings. The summed E-state index contributed by atoms with van der Waals surface area (Å²) < 4.78 is 5.65. The van der Waals surface area contributed by atoms with Crippen LogP contribution in [0.15, 0.2) is 30.3 Å². The van der Waals surface area contributed by atoms with E-state index in [4.69, 9.17) is 4.74 Å². The monoisotopic (exact) mass is 258 g/mol. The molecular formula is C17H22O2. The van der Waals surface area contributed by atoms with Crippen molar-refractivity contribution < 1.29 is 9.53 Å². The van der Waals surface area contributed by atoms with Crippen molar-refractivity contribution in [3.05, 3.63) is 35.9 Å². The number of carbonyl (C=O) groups excluding carboxylic acids is 1. The topological polar surface area (TPSA) is 26.3 Å². The van der Waals surface area contributed by atoms with Crippen LogP contribution in [0.2, 0.25) is 0 Å². The highest BCUT2D eigenvalue weighted by Crippen LogP contribution is 2.36. The van der Waals surface area contributed by atoms with Gasteiger partial charge in [-0.25, -0.2) is 0 Å². The molecule has 1 aromatic rings. The molecule has 1 saturated heterocycles. The zero-order valence-corrected chi connectivity index (χ0v) is 11.4. The van der Waals surface area contributed by atoms with Crippen LogP contribution in [0, 0.1) is 11.8 Å². The lowest BCUT2D eigenvalue weighted by atomic mass is 9.82. The zero-order valence-electron chi connectivity index (χ0n) is 11.4. The number of benzene rings is 1. The lowest BCUT2D eigenvalue weighted by Gasteiger charge is -2.26. The average Bonchev–Trinajstić information content (AvgIpc) is 2.82. The molecule has 1 aliphatic carbocycles. The fraction of sp³-hybridized carbons (Fsp3) is 0.588. The van der Waals surface area contributed by atoms with Gasteiger partial charge in [-0.1, -0.05) is 49.6 Å². The maximum absolute atomic E-state index is 12.0. The summed E-state index contributed by atoms with van der Waals surface area (Å²) in [5.74, 6) is 0.729. The second kappa shape index (κ2) is 5.77. The third-order valence-electron chi connectivity index (χ3n) is 4.62. The van der Waals surface area contributed by atoms with E-state index in [0.717, 1.165) is 12.8 Å². The molecule has 2 heteroatoms. The summed E-state index contributed by atoms with van der Waals surface area (Å²) in [6.45, 7) is 0. The highest BCUT2D eigenvalue weighted by atomic mass is 16.6. The van der Waals surface area contributed by atoms with Gasteiger partial charge in [0, 0.05) is 0 Å². The first-order valence-electron chi connectivity index (χ1n) is 7.57. The first-order valence-corrected chi connectivity index (χ1v) is 7.57. The third kappa shape index (κ3) is 2.99. The molecule has 1 saturated carbocycles. The molecule has 2 atom stereocenters. The molecule has 0 spiro atoms. The van der Waals surface area contributed by atoms with Crippen LogP contribution in [-0.2, 0) is 16.0 Å². The Morgan fingerprint density at radius 1 is 1.05 bits per heavy atom. The van der Waals surface area contributed by atoms with Gasteiger partial charge in [-0.15, -0.1) is 0 Å². The van der Waals surface area contributed by atoms with Gasteiger partial charge in [0.1, 0.15) is 6.10 Å². The van der Waals surface area contributed by atoms with Gasteiger partial charge in [-0.05, 0) is 37.2 Å². The summed E-state index contributed by atoms with van der Waals surface area (Å²) in [6, 6.07) is 10.3. The van der Waals surface area contributed by atoms with Crippen molar-refractivity contribution in [1.29, 1.82) is 0 Å². The Morgan fingerprint density at radius 3 is 2.53 bits per heavy atom. The minimum Gasteiger partial charge on any atom is -0.462 e. The van der Waals surface area contributed by atoms with Crippen LogP contribution in [-0.4, -0.2) is 12.1 Å². The summed E-state index contributed by atoms with van der Waals surface area (Å²) in [5, 5.41) is 0. The fourth-order valence-corrected chi connectivity index (χ4v) is 3.53. The average molecular weight is 258 g/mol. The van der Waals surface area contributed by atoms with Crippen molar-refractivity contribution in [1.82, 2.24) is 0 Å². The molecule has 3 rings (SSSR count). The van der Waals surface area contributed by atoms with Gasteiger partial charge >= 0.3 is 5.97 Å². The van der Waals surface area contributed by atoms with Gasteiger partial charge in [0.25, 0.3) is 0 Å². The predicted octanol–water partition coefficient (Wildman–Crippen LogP) is 3.74. The van der Waals surface area contributed by atoms with Crippen molar-refractivity contribution in [2.24, 2.45) is 11.8 Å². The Bertz CT molecular complexity index is 420. The van der Waals surface area contributed by atoms with Crippen molar-refractivity contribution >= 4 is 5.97 Å². The summed E-state index contributed by atoms with van der Waals surface area (Å²) in [7, 11) is 0. The Morgan fingerprint density at radius 2 is 1.79 bits per heavy atom. The molecule has 2 nitrogen and oxygen atoms in total. The van der Waals surface area contributed by atoms with Crippen LogP contribution in [0.4, 0.5) is 0 Å². The van der Waals surface area contributed by atoms with E-state index in [1.54, 1.807) is 0 Å². The fourth-order valence-electron chi connectivity index (χ4n) is 3.53. The number of carbonyl (C=O) groups is 1. The molecule has 1 aromatic carbocycles. The van der Waals surface area contributed by atoms with E-state index in [2.05, 4.69) is 12.1 Å². The van der Waals surface area contributed by atoms with Gasteiger partial charge in [0.15, 0.2) is 0 Å². The predicted molar refractivity (Wildman–Crippen MR) is 74.7 cm³/mol. The Hall–Kier alpha value is -1.31.